The molecule has 1 atom stereocenters. The molecule has 3 heteroatoms. The second-order valence-corrected chi connectivity index (χ2v) is 2.61. The van der Waals surface area contributed by atoms with Crippen LogP contribution >= 0.6 is 0 Å². The number of rotatable bonds is 0. The maximum atomic E-state index is 4.19. The van der Waals surface area contributed by atoms with Crippen LogP contribution in [0, 0.1) is 5.92 Å². The first kappa shape index (κ1) is 9.71. The van der Waals surface area contributed by atoms with Gasteiger partial charge in [-0.15, -0.1) is 0 Å². The first-order chi connectivity index (χ1) is 6.36. The van der Waals surface area contributed by atoms with Crippen LogP contribution in [-0.4, -0.2) is 15.9 Å². The molecule has 0 radical (unpaired) electrons. The molecule has 2 rings (SSSR count). The monoisotopic (exact) mass is 177 g/mol. The lowest BCUT2D eigenvalue weighted by Crippen LogP contribution is -1.91. The summed E-state index contributed by atoms with van der Waals surface area (Å²) in [6, 6.07) is 0. The topological polar surface area (TPSA) is 30.2 Å². The molecule has 2 heterocycles. The van der Waals surface area contributed by atoms with Gasteiger partial charge in [0.05, 0.1) is 0 Å². The minimum atomic E-state index is 0.400. The van der Waals surface area contributed by atoms with E-state index in [1.54, 1.807) is 10.9 Å². The molecule has 0 aliphatic carbocycles. The second kappa shape index (κ2) is 4.60. The summed E-state index contributed by atoms with van der Waals surface area (Å²) in [5.74, 6) is 1.29. The summed E-state index contributed by atoms with van der Waals surface area (Å²) in [6.45, 7) is 6.09. The fraction of sp³-hybridized carbons (Fsp3) is 0.400. The van der Waals surface area contributed by atoms with Crippen molar-refractivity contribution in [1.82, 2.24) is 9.66 Å². The highest BCUT2D eigenvalue weighted by Crippen LogP contribution is 2.06. The molecule has 13 heavy (non-hydrogen) atoms. The second-order valence-electron chi connectivity index (χ2n) is 2.61. The van der Waals surface area contributed by atoms with Gasteiger partial charge in [0.15, 0.2) is 5.82 Å². The zero-order valence-electron chi connectivity index (χ0n) is 8.31. The van der Waals surface area contributed by atoms with Crippen molar-refractivity contribution in [2.75, 3.05) is 0 Å². The van der Waals surface area contributed by atoms with Gasteiger partial charge in [-0.05, 0) is 6.08 Å². The Hall–Kier alpha value is -1.38. The molecule has 1 aliphatic heterocycles. The molecule has 1 aliphatic rings. The maximum absolute atomic E-state index is 4.19. The normalized spacial score (nSPS) is 18.5. The standard InChI is InChI=1S/C8H9N3.C2H6/c1-7-2-3-8-9-4-5-11(8)10-6-7;1-2/h2-7H,1H3;1-2H3. The lowest BCUT2D eigenvalue weighted by molar-refractivity contribution is 0.860. The van der Waals surface area contributed by atoms with Gasteiger partial charge in [0, 0.05) is 24.5 Å². The molecular weight excluding hydrogens is 162 g/mol. The molecule has 0 spiro atoms. The molecule has 1 aromatic heterocycles. The fourth-order valence-corrected chi connectivity index (χ4v) is 0.990. The Balaban J connectivity index is 0.000000396. The summed E-state index contributed by atoms with van der Waals surface area (Å²) in [5.41, 5.74) is 0. The van der Waals surface area contributed by atoms with E-state index >= 15 is 0 Å². The van der Waals surface area contributed by atoms with Crippen molar-refractivity contribution in [2.24, 2.45) is 11.0 Å². The van der Waals surface area contributed by atoms with Gasteiger partial charge in [0.2, 0.25) is 0 Å². The summed E-state index contributed by atoms with van der Waals surface area (Å²) >= 11 is 0. The van der Waals surface area contributed by atoms with Crippen molar-refractivity contribution in [3.05, 3.63) is 24.3 Å². The highest BCUT2D eigenvalue weighted by Gasteiger charge is 2.01. The highest BCUT2D eigenvalue weighted by molar-refractivity contribution is 5.66. The van der Waals surface area contributed by atoms with E-state index in [4.69, 9.17) is 0 Å². The summed E-state index contributed by atoms with van der Waals surface area (Å²) in [7, 11) is 0. The summed E-state index contributed by atoms with van der Waals surface area (Å²) in [5, 5.41) is 4.19. The average Bonchev–Trinajstić information content (AvgIpc) is 2.56. The van der Waals surface area contributed by atoms with Crippen molar-refractivity contribution in [2.45, 2.75) is 20.8 Å². The molecule has 1 unspecified atom stereocenters. The van der Waals surface area contributed by atoms with Crippen LogP contribution in [0.4, 0.5) is 0 Å². The average molecular weight is 177 g/mol. The quantitative estimate of drug-likeness (QED) is 0.598. The minimum absolute atomic E-state index is 0.400. The van der Waals surface area contributed by atoms with Gasteiger partial charge >= 0.3 is 0 Å². The van der Waals surface area contributed by atoms with E-state index in [-0.39, 0.29) is 0 Å². The zero-order chi connectivity index (χ0) is 9.68. The van der Waals surface area contributed by atoms with E-state index in [0.29, 0.717) is 5.92 Å². The smallest absolute Gasteiger partial charge is 0.153 e. The number of hydrogen-bond acceptors (Lipinski definition) is 2. The predicted molar refractivity (Wildman–Crippen MR) is 55.7 cm³/mol. The van der Waals surface area contributed by atoms with Crippen molar-refractivity contribution < 1.29 is 0 Å². The van der Waals surface area contributed by atoms with Crippen molar-refractivity contribution in [1.29, 1.82) is 0 Å². The SMILES string of the molecule is CC.CC1C=Cc2nccn2N=C1. The van der Waals surface area contributed by atoms with E-state index in [2.05, 4.69) is 23.1 Å². The first-order valence-corrected chi connectivity index (χ1v) is 4.62. The Labute approximate surface area is 78.8 Å². The maximum Gasteiger partial charge on any atom is 0.153 e. The fourth-order valence-electron chi connectivity index (χ4n) is 0.990. The third-order valence-electron chi connectivity index (χ3n) is 1.62. The number of allylic oxidation sites excluding steroid dienone is 1. The number of hydrogen-bond donors (Lipinski definition) is 0. The predicted octanol–water partition coefficient (Wildman–Crippen LogP) is 2.41. The van der Waals surface area contributed by atoms with Crippen molar-refractivity contribution >= 4 is 12.3 Å². The van der Waals surface area contributed by atoms with Gasteiger partial charge in [-0.25, -0.2) is 9.66 Å². The van der Waals surface area contributed by atoms with Crippen molar-refractivity contribution in [3.8, 4) is 0 Å². The number of nitrogens with zero attached hydrogens (tertiary/aromatic N) is 3. The lowest BCUT2D eigenvalue weighted by Gasteiger charge is -1.91. The third kappa shape index (κ3) is 2.28. The van der Waals surface area contributed by atoms with E-state index in [9.17, 15) is 0 Å². The molecule has 0 amide bonds. The lowest BCUT2D eigenvalue weighted by atomic mass is 10.2. The molecule has 0 saturated carbocycles. The van der Waals surface area contributed by atoms with Gasteiger partial charge in [0.25, 0.3) is 0 Å². The Morgan fingerprint density at radius 1 is 1.38 bits per heavy atom. The van der Waals surface area contributed by atoms with Crippen LogP contribution in [0.5, 0.6) is 0 Å². The van der Waals surface area contributed by atoms with Gasteiger partial charge in [0.1, 0.15) is 0 Å². The Kier molecular flexibility index (Phi) is 3.43. The highest BCUT2D eigenvalue weighted by atomic mass is 15.4. The molecule has 3 nitrogen and oxygen atoms in total. The van der Waals surface area contributed by atoms with Crippen LogP contribution in [0.1, 0.15) is 26.6 Å². The summed E-state index contributed by atoms with van der Waals surface area (Å²) in [4.78, 5) is 4.11. The van der Waals surface area contributed by atoms with Crippen molar-refractivity contribution in [3.63, 3.8) is 0 Å². The number of aromatic nitrogens is 2. The first-order valence-electron chi connectivity index (χ1n) is 4.62. The van der Waals surface area contributed by atoms with Crippen LogP contribution < -0.4 is 0 Å². The Morgan fingerprint density at radius 3 is 2.92 bits per heavy atom. The van der Waals surface area contributed by atoms with Gasteiger partial charge < -0.3 is 0 Å². The van der Waals surface area contributed by atoms with Crippen LogP contribution in [-0.2, 0) is 0 Å². The minimum Gasteiger partial charge on any atom is -0.236 e. The Bertz CT molecular complexity index is 281. The van der Waals surface area contributed by atoms with E-state index in [0.717, 1.165) is 5.82 Å². The molecule has 1 aromatic rings. The van der Waals surface area contributed by atoms with Gasteiger partial charge in [-0.3, -0.25) is 0 Å². The molecule has 70 valence electrons. The van der Waals surface area contributed by atoms with Crippen LogP contribution in [0.15, 0.2) is 23.6 Å². The van der Waals surface area contributed by atoms with Gasteiger partial charge in [-0.1, -0.05) is 26.8 Å². The Morgan fingerprint density at radius 2 is 2.15 bits per heavy atom. The molecule has 0 N–H and O–H groups in total. The number of fused-ring (bicyclic) bond motifs is 1. The molecule has 0 aromatic carbocycles. The van der Waals surface area contributed by atoms with Crippen LogP contribution in [0.25, 0.3) is 6.08 Å². The summed E-state index contributed by atoms with van der Waals surface area (Å²) in [6.07, 6.45) is 9.54. The van der Waals surface area contributed by atoms with E-state index < -0.39 is 0 Å². The largest absolute Gasteiger partial charge is 0.236 e. The van der Waals surface area contributed by atoms with Crippen LogP contribution in [0.2, 0.25) is 0 Å². The number of imidazole rings is 1. The third-order valence-corrected chi connectivity index (χ3v) is 1.62. The van der Waals surface area contributed by atoms with Gasteiger partial charge in [-0.2, -0.15) is 5.10 Å². The van der Waals surface area contributed by atoms with E-state index in [1.165, 1.54) is 0 Å². The summed E-state index contributed by atoms with van der Waals surface area (Å²) < 4.78 is 1.76. The van der Waals surface area contributed by atoms with E-state index in [1.807, 2.05) is 32.3 Å². The molecule has 0 fully saturated rings. The molecule has 0 bridgehead atoms. The van der Waals surface area contributed by atoms with Crippen LogP contribution in [0.3, 0.4) is 0 Å². The zero-order valence-corrected chi connectivity index (χ0v) is 8.31. The molecule has 0 saturated heterocycles. The molecular formula is C10H15N3.